The van der Waals surface area contributed by atoms with Gasteiger partial charge in [0, 0.05) is 5.56 Å². The van der Waals surface area contributed by atoms with Crippen LogP contribution in [0.4, 0.5) is 4.39 Å². The third-order valence-electron chi connectivity index (χ3n) is 2.23. The number of halogens is 2. The van der Waals surface area contributed by atoms with Crippen LogP contribution in [0.3, 0.4) is 0 Å². The highest BCUT2D eigenvalue weighted by atomic mass is 79.9. The van der Waals surface area contributed by atoms with E-state index < -0.39 is 5.82 Å². The van der Waals surface area contributed by atoms with Crippen LogP contribution in [0, 0.1) is 5.82 Å². The van der Waals surface area contributed by atoms with Gasteiger partial charge in [-0.25, -0.2) is 4.39 Å². The average Bonchev–Trinajstić information content (AvgIpc) is 2.29. The van der Waals surface area contributed by atoms with E-state index in [1.54, 1.807) is 0 Å². The summed E-state index contributed by atoms with van der Waals surface area (Å²) in [6.45, 7) is 1.73. The number of nitrogens with one attached hydrogen (secondary N) is 1. The topological polar surface area (TPSA) is 49.3 Å². The van der Waals surface area contributed by atoms with Crippen molar-refractivity contribution in [2.75, 3.05) is 6.61 Å². The van der Waals surface area contributed by atoms with Crippen LogP contribution >= 0.6 is 15.9 Å². The van der Waals surface area contributed by atoms with Gasteiger partial charge >= 0.3 is 0 Å². The van der Waals surface area contributed by atoms with Gasteiger partial charge in [-0.1, -0.05) is 6.92 Å². The maximum atomic E-state index is 13.2. The van der Waals surface area contributed by atoms with Crippen molar-refractivity contribution in [3.8, 4) is 0 Å². The predicted octanol–water partition coefficient (Wildman–Crippen LogP) is 2.09. The van der Waals surface area contributed by atoms with Gasteiger partial charge in [0.25, 0.3) is 5.91 Å². The van der Waals surface area contributed by atoms with Crippen LogP contribution in [0.2, 0.25) is 0 Å². The molecule has 0 aromatic heterocycles. The lowest BCUT2D eigenvalue weighted by molar-refractivity contribution is 0.0914. The third kappa shape index (κ3) is 3.28. The molecule has 0 bridgehead atoms. The van der Waals surface area contributed by atoms with Crippen molar-refractivity contribution >= 4 is 21.8 Å². The maximum absolute atomic E-state index is 13.2. The number of aliphatic hydroxyl groups is 1. The number of benzene rings is 1. The van der Waals surface area contributed by atoms with E-state index in [-0.39, 0.29) is 24.1 Å². The minimum absolute atomic E-state index is 0.124. The molecule has 5 heteroatoms. The fraction of sp³-hybridized carbons (Fsp3) is 0.364. The normalized spacial score (nSPS) is 12.2. The zero-order valence-corrected chi connectivity index (χ0v) is 10.4. The SMILES string of the molecule is CCC(CO)NC(=O)c1ccc(Br)c(F)c1. The van der Waals surface area contributed by atoms with E-state index in [4.69, 9.17) is 5.11 Å². The number of aliphatic hydroxyl groups excluding tert-OH is 1. The first-order chi connectivity index (χ1) is 7.58. The summed E-state index contributed by atoms with van der Waals surface area (Å²) in [5, 5.41) is 11.5. The van der Waals surface area contributed by atoms with Crippen molar-refractivity contribution < 1.29 is 14.3 Å². The lowest BCUT2D eigenvalue weighted by Gasteiger charge is -2.13. The largest absolute Gasteiger partial charge is 0.394 e. The number of amides is 1. The molecule has 0 aliphatic carbocycles. The van der Waals surface area contributed by atoms with E-state index in [2.05, 4.69) is 21.2 Å². The van der Waals surface area contributed by atoms with Crippen molar-refractivity contribution in [2.45, 2.75) is 19.4 Å². The Morgan fingerprint density at radius 1 is 1.62 bits per heavy atom. The van der Waals surface area contributed by atoms with Crippen molar-refractivity contribution in [1.29, 1.82) is 0 Å². The highest BCUT2D eigenvalue weighted by Gasteiger charge is 2.12. The molecular weight excluding hydrogens is 277 g/mol. The smallest absolute Gasteiger partial charge is 0.251 e. The molecule has 1 unspecified atom stereocenters. The van der Waals surface area contributed by atoms with Crippen LogP contribution in [0.25, 0.3) is 0 Å². The zero-order valence-electron chi connectivity index (χ0n) is 8.84. The molecule has 3 nitrogen and oxygen atoms in total. The number of hydrogen-bond acceptors (Lipinski definition) is 2. The average molecular weight is 290 g/mol. The molecule has 0 saturated carbocycles. The summed E-state index contributed by atoms with van der Waals surface area (Å²) in [6.07, 6.45) is 0.626. The molecule has 2 N–H and O–H groups in total. The monoisotopic (exact) mass is 289 g/mol. The summed E-state index contributed by atoms with van der Waals surface area (Å²) in [7, 11) is 0. The Morgan fingerprint density at radius 2 is 2.31 bits per heavy atom. The highest BCUT2D eigenvalue weighted by molar-refractivity contribution is 9.10. The van der Waals surface area contributed by atoms with E-state index in [1.165, 1.54) is 12.1 Å². The van der Waals surface area contributed by atoms with E-state index >= 15 is 0 Å². The summed E-state index contributed by atoms with van der Waals surface area (Å²) in [5.74, 6) is -0.864. The van der Waals surface area contributed by atoms with Crippen LogP contribution in [0.1, 0.15) is 23.7 Å². The van der Waals surface area contributed by atoms with Gasteiger partial charge in [0.1, 0.15) is 5.82 Å². The van der Waals surface area contributed by atoms with Gasteiger partial charge < -0.3 is 10.4 Å². The molecule has 88 valence electrons. The fourth-order valence-corrected chi connectivity index (χ4v) is 1.43. The second-order valence-electron chi connectivity index (χ2n) is 3.39. The van der Waals surface area contributed by atoms with Gasteiger partial charge in [0.05, 0.1) is 17.1 Å². The minimum atomic E-state index is -0.482. The third-order valence-corrected chi connectivity index (χ3v) is 2.87. The van der Waals surface area contributed by atoms with Gasteiger partial charge in [0.15, 0.2) is 0 Å². The van der Waals surface area contributed by atoms with Gasteiger partial charge in [0.2, 0.25) is 0 Å². The Kier molecular flexibility index (Phi) is 4.89. The van der Waals surface area contributed by atoms with E-state index in [9.17, 15) is 9.18 Å². The summed E-state index contributed by atoms with van der Waals surface area (Å²) in [4.78, 5) is 11.6. The molecule has 1 atom stereocenters. The molecule has 0 saturated heterocycles. The summed E-state index contributed by atoms with van der Waals surface area (Å²) in [6, 6.07) is 3.86. The molecule has 0 spiro atoms. The van der Waals surface area contributed by atoms with E-state index in [0.717, 1.165) is 6.07 Å². The standard InChI is InChI=1S/C11H13BrFNO2/c1-2-8(6-15)14-11(16)7-3-4-9(12)10(13)5-7/h3-5,8,15H,2,6H2,1H3,(H,14,16). The Hall–Kier alpha value is -0.940. The van der Waals surface area contributed by atoms with Gasteiger partial charge in [-0.2, -0.15) is 0 Å². The number of carbonyl (C=O) groups excluding carboxylic acids is 1. The number of hydrogen-bond donors (Lipinski definition) is 2. The van der Waals surface area contributed by atoms with Crippen LogP contribution in [-0.4, -0.2) is 23.7 Å². The first kappa shape index (κ1) is 13.1. The lowest BCUT2D eigenvalue weighted by Crippen LogP contribution is -2.36. The van der Waals surface area contributed by atoms with Crippen LogP contribution in [-0.2, 0) is 0 Å². The lowest BCUT2D eigenvalue weighted by atomic mass is 10.1. The molecule has 0 aliphatic rings. The Labute approximate surface area is 102 Å². The Bertz CT molecular complexity index is 380. The quantitative estimate of drug-likeness (QED) is 0.892. The van der Waals surface area contributed by atoms with Gasteiger partial charge in [-0.3, -0.25) is 4.79 Å². The molecular formula is C11H13BrFNO2. The molecule has 1 amide bonds. The van der Waals surface area contributed by atoms with Crippen LogP contribution in [0.15, 0.2) is 22.7 Å². The highest BCUT2D eigenvalue weighted by Crippen LogP contribution is 2.16. The fourth-order valence-electron chi connectivity index (χ4n) is 1.18. The van der Waals surface area contributed by atoms with Crippen molar-refractivity contribution in [2.24, 2.45) is 0 Å². The summed E-state index contributed by atoms with van der Waals surface area (Å²) >= 11 is 3.01. The summed E-state index contributed by atoms with van der Waals surface area (Å²) < 4.78 is 13.5. The molecule has 0 fully saturated rings. The molecule has 1 aromatic rings. The van der Waals surface area contributed by atoms with E-state index in [0.29, 0.717) is 10.9 Å². The van der Waals surface area contributed by atoms with Crippen molar-refractivity contribution in [1.82, 2.24) is 5.32 Å². The van der Waals surface area contributed by atoms with Gasteiger partial charge in [-0.15, -0.1) is 0 Å². The molecule has 0 heterocycles. The molecule has 0 radical (unpaired) electrons. The van der Waals surface area contributed by atoms with Crippen LogP contribution < -0.4 is 5.32 Å². The molecule has 16 heavy (non-hydrogen) atoms. The second kappa shape index (κ2) is 5.96. The van der Waals surface area contributed by atoms with Gasteiger partial charge in [-0.05, 0) is 40.5 Å². The van der Waals surface area contributed by atoms with Crippen molar-refractivity contribution in [3.63, 3.8) is 0 Å². The second-order valence-corrected chi connectivity index (χ2v) is 4.24. The Balaban J connectivity index is 2.76. The number of rotatable bonds is 4. The first-order valence-electron chi connectivity index (χ1n) is 4.95. The van der Waals surface area contributed by atoms with Crippen molar-refractivity contribution in [3.05, 3.63) is 34.1 Å². The zero-order chi connectivity index (χ0) is 12.1. The Morgan fingerprint density at radius 3 is 2.81 bits per heavy atom. The molecule has 1 aromatic carbocycles. The minimum Gasteiger partial charge on any atom is -0.394 e. The first-order valence-corrected chi connectivity index (χ1v) is 5.74. The maximum Gasteiger partial charge on any atom is 0.251 e. The van der Waals surface area contributed by atoms with Crippen LogP contribution in [0.5, 0.6) is 0 Å². The summed E-state index contributed by atoms with van der Waals surface area (Å²) in [5.41, 5.74) is 0.243. The number of carbonyl (C=O) groups is 1. The van der Waals surface area contributed by atoms with E-state index in [1.807, 2.05) is 6.92 Å². The predicted molar refractivity (Wildman–Crippen MR) is 62.7 cm³/mol. The molecule has 1 rings (SSSR count). The molecule has 0 aliphatic heterocycles.